The van der Waals surface area contributed by atoms with E-state index in [1.54, 1.807) is 0 Å². The molecule has 0 saturated heterocycles. The molecule has 0 aliphatic carbocycles. The van der Waals surface area contributed by atoms with Crippen molar-refractivity contribution in [1.29, 1.82) is 0 Å². The number of nitrogen functional groups attached to an aromatic ring is 1. The molecule has 0 saturated carbocycles. The molecule has 1 aromatic carbocycles. The van der Waals surface area contributed by atoms with Gasteiger partial charge >= 0.3 is 33.4 Å². The van der Waals surface area contributed by atoms with E-state index in [1.807, 2.05) is 0 Å². The van der Waals surface area contributed by atoms with Crippen LogP contribution in [0.1, 0.15) is 0 Å². The van der Waals surface area contributed by atoms with Crippen LogP contribution < -0.4 is 9.92 Å². The molecule has 1 aromatic rings. The Kier molecular flexibility index (Phi) is 4.71. The average Bonchev–Trinajstić information content (AvgIpc) is 2.36. The second-order valence-corrected chi connectivity index (χ2v) is 5.86. The minimum atomic E-state index is -7.35. The number of benzene rings is 1. The van der Waals surface area contributed by atoms with Gasteiger partial charge in [0.25, 0.3) is 0 Å². The van der Waals surface area contributed by atoms with E-state index < -0.39 is 39.1 Å². The highest BCUT2D eigenvalue weighted by Crippen LogP contribution is 2.54. The molecule has 24 heavy (non-hydrogen) atoms. The van der Waals surface area contributed by atoms with E-state index in [0.29, 0.717) is 12.1 Å². The van der Waals surface area contributed by atoms with E-state index in [1.165, 1.54) is 0 Å². The van der Waals surface area contributed by atoms with Crippen molar-refractivity contribution in [2.75, 3.05) is 5.73 Å². The maximum absolute atomic E-state index is 13.3. The summed E-state index contributed by atoms with van der Waals surface area (Å²) in [5.74, 6) is -15.8. The third-order valence-corrected chi connectivity index (χ3v) is 3.79. The van der Waals surface area contributed by atoms with Crippen LogP contribution in [0, 0.1) is 0 Å². The van der Waals surface area contributed by atoms with Crippen LogP contribution >= 0.6 is 0 Å². The van der Waals surface area contributed by atoms with E-state index in [4.69, 9.17) is 5.73 Å². The summed E-state index contributed by atoms with van der Waals surface area (Å²) in [5.41, 5.74) is 4.83. The second kappa shape index (κ2) is 5.60. The number of anilines is 1. The summed E-state index contributed by atoms with van der Waals surface area (Å²) >= 11 is 0. The number of hydrogen-bond acceptors (Lipinski definition) is 4. The molecular formula is C10H6F9NO3S. The van der Waals surface area contributed by atoms with Gasteiger partial charge in [-0.25, -0.2) is 0 Å². The normalized spacial score (nSPS) is 14.5. The Morgan fingerprint density at radius 2 is 1.38 bits per heavy atom. The van der Waals surface area contributed by atoms with E-state index in [9.17, 15) is 47.9 Å². The number of hydrogen-bond donors (Lipinski definition) is 1. The molecule has 0 spiro atoms. The third-order valence-electron chi connectivity index (χ3n) is 2.49. The highest BCUT2D eigenvalue weighted by atomic mass is 32.2. The molecule has 4 nitrogen and oxygen atoms in total. The number of nitrogens with two attached hydrogens (primary N) is 1. The van der Waals surface area contributed by atoms with Crippen molar-refractivity contribution in [3.63, 3.8) is 0 Å². The van der Waals surface area contributed by atoms with Crippen molar-refractivity contribution in [3.05, 3.63) is 24.3 Å². The fraction of sp³-hybridized carbons (Fsp3) is 0.400. The van der Waals surface area contributed by atoms with Gasteiger partial charge in [0, 0.05) is 11.8 Å². The van der Waals surface area contributed by atoms with Crippen LogP contribution in [-0.2, 0) is 10.1 Å². The zero-order valence-corrected chi connectivity index (χ0v) is 11.7. The van der Waals surface area contributed by atoms with Crippen molar-refractivity contribution >= 4 is 15.8 Å². The first-order chi connectivity index (χ1) is 10.5. The maximum Gasteiger partial charge on any atom is 0.460 e. The number of halogens is 9. The molecule has 14 heteroatoms. The molecule has 0 aliphatic rings. The second-order valence-electron chi connectivity index (χ2n) is 4.27. The summed E-state index contributed by atoms with van der Waals surface area (Å²) in [6.45, 7) is 0. The summed E-state index contributed by atoms with van der Waals surface area (Å²) in [6, 6.07) is 3.16. The fourth-order valence-electron chi connectivity index (χ4n) is 1.26. The highest BCUT2D eigenvalue weighted by Gasteiger charge is 2.86. The summed E-state index contributed by atoms with van der Waals surface area (Å²) in [4.78, 5) is 0. The van der Waals surface area contributed by atoms with Crippen molar-refractivity contribution < 1.29 is 52.1 Å². The lowest BCUT2D eigenvalue weighted by atomic mass is 10.1. The zero-order chi connectivity index (χ0) is 19.2. The van der Waals surface area contributed by atoms with E-state index >= 15 is 0 Å². The molecule has 0 fully saturated rings. The molecule has 0 amide bonds. The molecule has 0 radical (unpaired) electrons. The molecule has 0 heterocycles. The van der Waals surface area contributed by atoms with Crippen LogP contribution in [0.3, 0.4) is 0 Å². The Morgan fingerprint density at radius 3 is 1.79 bits per heavy atom. The Morgan fingerprint density at radius 1 is 0.875 bits per heavy atom. The predicted octanol–water partition coefficient (Wildman–Crippen LogP) is 3.40. The van der Waals surface area contributed by atoms with Crippen molar-refractivity contribution in [2.45, 2.75) is 23.3 Å². The van der Waals surface area contributed by atoms with Gasteiger partial charge in [0.05, 0.1) is 0 Å². The van der Waals surface area contributed by atoms with Gasteiger partial charge in [-0.15, -0.1) is 0 Å². The summed E-state index contributed by atoms with van der Waals surface area (Å²) < 4.78 is 140. The Bertz CT molecular complexity index is 715. The zero-order valence-electron chi connectivity index (χ0n) is 10.9. The van der Waals surface area contributed by atoms with Crippen LogP contribution in [-0.4, -0.2) is 31.7 Å². The van der Waals surface area contributed by atoms with Gasteiger partial charge in [-0.2, -0.15) is 47.9 Å². The lowest BCUT2D eigenvalue weighted by Gasteiger charge is -2.32. The SMILES string of the molecule is Nc1cccc(OS(=O)(=O)C(F)(F)C(F)(F)C(F)(F)C(F)(F)F)c1. The van der Waals surface area contributed by atoms with Crippen LogP contribution in [0.15, 0.2) is 24.3 Å². The third kappa shape index (κ3) is 3.06. The van der Waals surface area contributed by atoms with Crippen LogP contribution in [0.4, 0.5) is 45.2 Å². The smallest absolute Gasteiger partial charge is 0.399 e. The summed E-state index contributed by atoms with van der Waals surface area (Å²) in [6.07, 6.45) is -7.15. The number of rotatable bonds is 5. The molecular weight excluding hydrogens is 385 g/mol. The molecule has 138 valence electrons. The van der Waals surface area contributed by atoms with Gasteiger partial charge in [0.15, 0.2) is 0 Å². The lowest BCUT2D eigenvalue weighted by Crippen LogP contribution is -2.63. The predicted molar refractivity (Wildman–Crippen MR) is 61.3 cm³/mol. The molecule has 1 rings (SSSR count). The Balaban J connectivity index is 3.35. The van der Waals surface area contributed by atoms with E-state index in [0.717, 1.165) is 12.1 Å². The van der Waals surface area contributed by atoms with Gasteiger partial charge in [-0.05, 0) is 12.1 Å². The quantitative estimate of drug-likeness (QED) is 0.475. The average molecular weight is 391 g/mol. The Hall–Kier alpha value is -1.86. The van der Waals surface area contributed by atoms with Crippen LogP contribution in [0.5, 0.6) is 5.75 Å². The van der Waals surface area contributed by atoms with Crippen LogP contribution in [0.2, 0.25) is 0 Å². The van der Waals surface area contributed by atoms with Crippen molar-refractivity contribution in [2.24, 2.45) is 0 Å². The van der Waals surface area contributed by atoms with Gasteiger partial charge in [0.2, 0.25) is 0 Å². The standard InChI is InChI=1S/C10H6F9NO3S/c11-7(12,9(15,16)17)8(13,14)10(18,19)24(21,22)23-6-3-1-2-5(20)4-6/h1-4H,20H2. The van der Waals surface area contributed by atoms with Crippen molar-refractivity contribution in [3.8, 4) is 5.75 Å². The molecule has 0 bridgehead atoms. The molecule has 2 N–H and O–H groups in total. The van der Waals surface area contributed by atoms with Gasteiger partial charge in [0.1, 0.15) is 5.75 Å². The minimum absolute atomic E-state index is 0.293. The first-order valence-electron chi connectivity index (χ1n) is 5.47. The van der Waals surface area contributed by atoms with Crippen LogP contribution in [0.25, 0.3) is 0 Å². The molecule has 0 atom stereocenters. The van der Waals surface area contributed by atoms with E-state index in [2.05, 4.69) is 4.18 Å². The van der Waals surface area contributed by atoms with Crippen molar-refractivity contribution in [1.82, 2.24) is 0 Å². The minimum Gasteiger partial charge on any atom is -0.399 e. The monoisotopic (exact) mass is 391 g/mol. The van der Waals surface area contributed by atoms with Gasteiger partial charge < -0.3 is 9.92 Å². The number of alkyl halides is 9. The molecule has 0 aromatic heterocycles. The maximum atomic E-state index is 13.3. The largest absolute Gasteiger partial charge is 0.460 e. The summed E-state index contributed by atoms with van der Waals surface area (Å²) in [5, 5.41) is -6.91. The topological polar surface area (TPSA) is 69.4 Å². The summed E-state index contributed by atoms with van der Waals surface area (Å²) in [7, 11) is -6.95. The fourth-order valence-corrected chi connectivity index (χ4v) is 2.17. The molecule has 0 aliphatic heterocycles. The van der Waals surface area contributed by atoms with Gasteiger partial charge in [-0.3, -0.25) is 0 Å². The first-order valence-corrected chi connectivity index (χ1v) is 6.88. The first kappa shape index (κ1) is 20.2. The molecule has 0 unspecified atom stereocenters. The lowest BCUT2D eigenvalue weighted by molar-refractivity contribution is -0.382. The highest BCUT2D eigenvalue weighted by molar-refractivity contribution is 7.88. The Labute approximate surface area is 128 Å². The van der Waals surface area contributed by atoms with E-state index in [-0.39, 0.29) is 5.69 Å². The van der Waals surface area contributed by atoms with Gasteiger partial charge in [-0.1, -0.05) is 6.07 Å².